The molecular weight excluding hydrogens is 314 g/mol. The highest BCUT2D eigenvalue weighted by Gasteiger charge is 2.16. The number of nitrogen functional groups attached to an aromatic ring is 1. The van der Waals surface area contributed by atoms with Crippen molar-refractivity contribution in [2.75, 3.05) is 32.5 Å². The molecule has 124 valence electrons. The van der Waals surface area contributed by atoms with Crippen LogP contribution in [0.2, 0.25) is 0 Å². The average Bonchev–Trinajstić information content (AvgIpc) is 2.84. The summed E-state index contributed by atoms with van der Waals surface area (Å²) in [6.07, 6.45) is 1.78. The van der Waals surface area contributed by atoms with Crippen LogP contribution >= 0.6 is 11.1 Å². The Hall–Kier alpha value is -1.90. The number of hydrogen-bond acceptors (Lipinski definition) is 6. The predicted octanol–water partition coefficient (Wildman–Crippen LogP) is 1.08. The van der Waals surface area contributed by atoms with Crippen LogP contribution in [0.3, 0.4) is 0 Å². The Bertz CT molecular complexity index is 740. The molecule has 1 aliphatic rings. The SMILES string of the molecule is CN1CCc2c(cccc2OCCCN=c2[nH][s+]([O-])nc2N)C1. The Labute approximate surface area is 137 Å². The molecule has 23 heavy (non-hydrogen) atoms. The van der Waals surface area contributed by atoms with Gasteiger partial charge in [-0.3, -0.25) is 4.99 Å². The maximum absolute atomic E-state index is 11.1. The number of anilines is 1. The van der Waals surface area contributed by atoms with E-state index in [0.717, 1.165) is 31.7 Å². The molecule has 8 heteroatoms. The van der Waals surface area contributed by atoms with E-state index in [1.807, 2.05) is 12.1 Å². The van der Waals surface area contributed by atoms with Crippen LogP contribution < -0.4 is 16.0 Å². The minimum Gasteiger partial charge on any atom is -0.548 e. The molecule has 0 aliphatic carbocycles. The molecule has 3 N–H and O–H groups in total. The van der Waals surface area contributed by atoms with Crippen molar-refractivity contribution in [1.29, 1.82) is 0 Å². The molecule has 0 saturated carbocycles. The van der Waals surface area contributed by atoms with Crippen molar-refractivity contribution >= 4 is 17.0 Å². The topological polar surface area (TPSA) is 103 Å². The zero-order valence-electron chi connectivity index (χ0n) is 13.1. The molecule has 7 nitrogen and oxygen atoms in total. The highest BCUT2D eigenvalue weighted by molar-refractivity contribution is 7.13. The Balaban J connectivity index is 1.55. The fourth-order valence-electron chi connectivity index (χ4n) is 2.69. The zero-order valence-corrected chi connectivity index (χ0v) is 13.9. The smallest absolute Gasteiger partial charge is 0.229 e. The number of hydrogen-bond donors (Lipinski definition) is 2. The Morgan fingerprint density at radius 2 is 2.39 bits per heavy atom. The summed E-state index contributed by atoms with van der Waals surface area (Å²) in [5.74, 6) is 1.18. The summed E-state index contributed by atoms with van der Waals surface area (Å²) in [5.41, 5.74) is 8.66. The van der Waals surface area contributed by atoms with Crippen molar-refractivity contribution in [3.8, 4) is 5.75 Å². The van der Waals surface area contributed by atoms with E-state index in [-0.39, 0.29) is 5.82 Å². The second kappa shape index (κ2) is 7.12. The van der Waals surface area contributed by atoms with Crippen molar-refractivity contribution < 1.29 is 9.29 Å². The van der Waals surface area contributed by atoms with E-state index < -0.39 is 11.1 Å². The van der Waals surface area contributed by atoms with Crippen molar-refractivity contribution in [3.05, 3.63) is 34.8 Å². The third-order valence-electron chi connectivity index (χ3n) is 3.85. The van der Waals surface area contributed by atoms with Crippen molar-refractivity contribution in [2.45, 2.75) is 19.4 Å². The van der Waals surface area contributed by atoms with E-state index >= 15 is 0 Å². The fraction of sp³-hybridized carbons (Fsp3) is 0.467. The Kier molecular flexibility index (Phi) is 4.94. The van der Waals surface area contributed by atoms with Gasteiger partial charge in [0, 0.05) is 30.4 Å². The molecular formula is C15H21N5O2S. The van der Waals surface area contributed by atoms with Gasteiger partial charge >= 0.3 is 0 Å². The largest absolute Gasteiger partial charge is 0.548 e. The highest BCUT2D eigenvalue weighted by atomic mass is 32.2. The zero-order chi connectivity index (χ0) is 16.2. The van der Waals surface area contributed by atoms with Crippen molar-refractivity contribution in [2.24, 2.45) is 4.99 Å². The molecule has 0 bridgehead atoms. The Morgan fingerprint density at radius 1 is 1.52 bits per heavy atom. The van der Waals surface area contributed by atoms with Gasteiger partial charge in [0.1, 0.15) is 5.75 Å². The summed E-state index contributed by atoms with van der Waals surface area (Å²) in [6.45, 7) is 3.17. The number of nitrogens with one attached hydrogen (secondary N) is 1. The first-order valence-corrected chi connectivity index (χ1v) is 8.74. The van der Waals surface area contributed by atoms with Gasteiger partial charge in [0.05, 0.1) is 6.61 Å². The minimum atomic E-state index is -1.48. The van der Waals surface area contributed by atoms with Gasteiger partial charge in [-0.25, -0.2) is 0 Å². The highest BCUT2D eigenvalue weighted by Crippen LogP contribution is 2.27. The standard InChI is InChI=1S/C15H21N5O2S/c1-20-8-6-12-11(10-20)4-2-5-13(12)22-9-3-7-17-15-14(16)18-23(21)19-15/h2,4-5H,3,6-10H2,1H3,(H2,16,18)(H,17,19). The average molecular weight is 335 g/mol. The van der Waals surface area contributed by atoms with Gasteiger partial charge in [-0.1, -0.05) is 12.1 Å². The number of benzene rings is 1. The van der Waals surface area contributed by atoms with Crippen LogP contribution in [0.25, 0.3) is 0 Å². The number of aromatic nitrogens is 2. The van der Waals surface area contributed by atoms with Crippen LogP contribution in [-0.2, 0) is 13.0 Å². The van der Waals surface area contributed by atoms with Crippen LogP contribution in [0.5, 0.6) is 5.75 Å². The van der Waals surface area contributed by atoms with Gasteiger partial charge in [0.15, 0.2) is 11.1 Å². The summed E-state index contributed by atoms with van der Waals surface area (Å²) < 4.78 is 23.3. The fourth-order valence-corrected chi connectivity index (χ4v) is 3.34. The quantitative estimate of drug-likeness (QED) is 0.629. The molecule has 1 aromatic heterocycles. The van der Waals surface area contributed by atoms with Crippen LogP contribution in [0.1, 0.15) is 17.5 Å². The number of ether oxygens (including phenoxy) is 1. The number of H-pyrrole nitrogens is 1. The first-order valence-electron chi connectivity index (χ1n) is 7.63. The second-order valence-corrected chi connectivity index (χ2v) is 6.53. The molecule has 0 amide bonds. The van der Waals surface area contributed by atoms with Crippen LogP contribution in [0.4, 0.5) is 5.82 Å². The number of likely N-dealkylation sites (N-methyl/N-ethyl adjacent to an activating group) is 1. The molecule has 1 aromatic carbocycles. The summed E-state index contributed by atoms with van der Waals surface area (Å²) >= 11 is -1.48. The minimum absolute atomic E-state index is 0.200. The monoisotopic (exact) mass is 335 g/mol. The molecule has 1 aliphatic heterocycles. The number of fused-ring (bicyclic) bond motifs is 1. The van der Waals surface area contributed by atoms with Gasteiger partial charge in [-0.15, -0.1) is 4.37 Å². The maximum Gasteiger partial charge on any atom is 0.229 e. The normalized spacial score (nSPS) is 16.4. The molecule has 0 radical (unpaired) electrons. The summed E-state index contributed by atoms with van der Waals surface area (Å²) in [7, 11) is 2.13. The number of nitrogens with two attached hydrogens (primary N) is 1. The van der Waals surface area contributed by atoms with Gasteiger partial charge in [-0.05, 0) is 30.7 Å². The molecule has 1 unspecified atom stereocenters. The van der Waals surface area contributed by atoms with E-state index in [2.05, 4.69) is 31.8 Å². The molecule has 2 heterocycles. The van der Waals surface area contributed by atoms with Gasteiger partial charge in [0.2, 0.25) is 11.3 Å². The van der Waals surface area contributed by atoms with Crippen molar-refractivity contribution in [3.63, 3.8) is 0 Å². The molecule has 3 rings (SSSR count). The van der Waals surface area contributed by atoms with E-state index in [1.165, 1.54) is 11.1 Å². The summed E-state index contributed by atoms with van der Waals surface area (Å²) in [4.78, 5) is 6.57. The van der Waals surface area contributed by atoms with E-state index in [4.69, 9.17) is 10.5 Å². The lowest BCUT2D eigenvalue weighted by Gasteiger charge is -2.26. The second-order valence-electron chi connectivity index (χ2n) is 5.64. The lowest BCUT2D eigenvalue weighted by atomic mass is 9.99. The van der Waals surface area contributed by atoms with E-state index in [1.54, 1.807) is 0 Å². The first kappa shape index (κ1) is 16.0. The number of aromatic amines is 1. The van der Waals surface area contributed by atoms with Crippen LogP contribution in [0, 0.1) is 0 Å². The molecule has 0 fully saturated rings. The summed E-state index contributed by atoms with van der Waals surface area (Å²) in [5, 5.41) is 0. The molecule has 1 atom stereocenters. The van der Waals surface area contributed by atoms with Gasteiger partial charge < -0.3 is 19.9 Å². The lowest BCUT2D eigenvalue weighted by Crippen LogP contribution is -2.26. The molecule has 0 saturated heterocycles. The van der Waals surface area contributed by atoms with Gasteiger partial charge in [0.25, 0.3) is 0 Å². The van der Waals surface area contributed by atoms with Gasteiger partial charge in [-0.2, -0.15) is 0 Å². The number of nitrogens with zero attached hydrogens (tertiary/aromatic N) is 3. The molecule has 2 aromatic rings. The third kappa shape index (κ3) is 3.90. The van der Waals surface area contributed by atoms with E-state index in [0.29, 0.717) is 18.6 Å². The lowest BCUT2D eigenvalue weighted by molar-refractivity contribution is 0.287. The Morgan fingerprint density at radius 3 is 3.17 bits per heavy atom. The summed E-state index contributed by atoms with van der Waals surface area (Å²) in [6, 6.07) is 6.24. The van der Waals surface area contributed by atoms with E-state index in [9.17, 15) is 4.55 Å². The third-order valence-corrected chi connectivity index (χ3v) is 4.58. The van der Waals surface area contributed by atoms with Crippen LogP contribution in [-0.4, -0.2) is 44.9 Å². The first-order chi connectivity index (χ1) is 11.1. The predicted molar refractivity (Wildman–Crippen MR) is 88.7 cm³/mol. The van der Waals surface area contributed by atoms with Crippen LogP contribution in [0.15, 0.2) is 23.2 Å². The molecule has 0 spiro atoms. The number of rotatable bonds is 5. The van der Waals surface area contributed by atoms with Crippen molar-refractivity contribution in [1.82, 2.24) is 13.6 Å². The maximum atomic E-state index is 11.1.